The number of nitrogens with one attached hydrogen (secondary N) is 1. The summed E-state index contributed by atoms with van der Waals surface area (Å²) in [6.07, 6.45) is 7.67. The van der Waals surface area contributed by atoms with E-state index < -0.39 is 0 Å². The van der Waals surface area contributed by atoms with E-state index in [2.05, 4.69) is 10.3 Å². The standard InChI is InChI=1S/C20H16ClN3O2/c21-16-5-4-14-10-15(6-9-26-19(14)11-16)20(25)23-17-2-1-3-18(12-17)24-8-7-22-13-24/h1-5,7-8,10-13H,6,9H2,(H,23,25). The fourth-order valence-corrected chi connectivity index (χ4v) is 2.99. The van der Waals surface area contributed by atoms with E-state index in [0.717, 1.165) is 16.9 Å². The first-order valence-corrected chi connectivity index (χ1v) is 8.59. The average Bonchev–Trinajstić information content (AvgIpc) is 3.09. The highest BCUT2D eigenvalue weighted by molar-refractivity contribution is 6.30. The van der Waals surface area contributed by atoms with Gasteiger partial charge in [-0.3, -0.25) is 4.79 Å². The molecule has 1 aromatic heterocycles. The van der Waals surface area contributed by atoms with Gasteiger partial charge in [0.25, 0.3) is 5.91 Å². The summed E-state index contributed by atoms with van der Waals surface area (Å²) in [5, 5.41) is 3.57. The molecule has 1 N–H and O–H groups in total. The zero-order chi connectivity index (χ0) is 17.9. The van der Waals surface area contributed by atoms with Crippen LogP contribution in [0.2, 0.25) is 5.02 Å². The topological polar surface area (TPSA) is 56.2 Å². The van der Waals surface area contributed by atoms with Crippen LogP contribution in [-0.4, -0.2) is 22.1 Å². The summed E-state index contributed by atoms with van der Waals surface area (Å²) in [6, 6.07) is 13.0. The molecule has 2 heterocycles. The monoisotopic (exact) mass is 365 g/mol. The van der Waals surface area contributed by atoms with Gasteiger partial charge in [0, 0.05) is 46.3 Å². The number of fused-ring (bicyclic) bond motifs is 1. The van der Waals surface area contributed by atoms with Gasteiger partial charge in [-0.15, -0.1) is 0 Å². The Kier molecular flexibility index (Phi) is 4.46. The van der Waals surface area contributed by atoms with Gasteiger partial charge in [-0.2, -0.15) is 0 Å². The third kappa shape index (κ3) is 3.48. The van der Waals surface area contributed by atoms with Gasteiger partial charge in [0.1, 0.15) is 5.75 Å². The van der Waals surface area contributed by atoms with Crippen molar-refractivity contribution >= 4 is 29.3 Å². The highest BCUT2D eigenvalue weighted by atomic mass is 35.5. The van der Waals surface area contributed by atoms with E-state index in [1.807, 2.05) is 47.2 Å². The van der Waals surface area contributed by atoms with Crippen molar-refractivity contribution in [2.75, 3.05) is 11.9 Å². The number of ether oxygens (including phenoxy) is 1. The van der Waals surface area contributed by atoms with Crippen molar-refractivity contribution in [1.82, 2.24) is 9.55 Å². The van der Waals surface area contributed by atoms with Gasteiger partial charge in [-0.1, -0.05) is 17.7 Å². The van der Waals surface area contributed by atoms with Gasteiger partial charge in [0.05, 0.1) is 12.9 Å². The van der Waals surface area contributed by atoms with Crippen molar-refractivity contribution in [3.8, 4) is 11.4 Å². The lowest BCUT2D eigenvalue weighted by Crippen LogP contribution is -2.15. The SMILES string of the molecule is O=C(Nc1cccc(-n2ccnc2)c1)C1=Cc2ccc(Cl)cc2OCC1. The van der Waals surface area contributed by atoms with Crippen LogP contribution in [0.4, 0.5) is 5.69 Å². The molecule has 1 amide bonds. The summed E-state index contributed by atoms with van der Waals surface area (Å²) < 4.78 is 7.58. The molecule has 0 bridgehead atoms. The lowest BCUT2D eigenvalue weighted by molar-refractivity contribution is -0.113. The molecule has 26 heavy (non-hydrogen) atoms. The molecule has 0 radical (unpaired) electrons. The quantitative estimate of drug-likeness (QED) is 0.751. The van der Waals surface area contributed by atoms with Gasteiger partial charge in [-0.25, -0.2) is 4.98 Å². The minimum absolute atomic E-state index is 0.140. The predicted octanol–water partition coefficient (Wildman–Crippen LogP) is 4.33. The number of imidazole rings is 1. The molecule has 2 aromatic carbocycles. The number of benzene rings is 2. The summed E-state index contributed by atoms with van der Waals surface area (Å²) in [5.41, 5.74) is 3.17. The van der Waals surface area contributed by atoms with Crippen LogP contribution in [-0.2, 0) is 4.79 Å². The number of carbonyl (C=O) groups excluding carboxylic acids is 1. The molecule has 0 unspecified atom stereocenters. The van der Waals surface area contributed by atoms with E-state index in [4.69, 9.17) is 16.3 Å². The number of halogens is 1. The van der Waals surface area contributed by atoms with Crippen LogP contribution >= 0.6 is 11.6 Å². The molecule has 5 nitrogen and oxygen atoms in total. The minimum Gasteiger partial charge on any atom is -0.493 e. The fourth-order valence-electron chi connectivity index (χ4n) is 2.83. The second-order valence-corrected chi connectivity index (χ2v) is 6.36. The zero-order valence-corrected chi connectivity index (χ0v) is 14.6. The van der Waals surface area contributed by atoms with Gasteiger partial charge in [-0.05, 0) is 42.5 Å². The Balaban J connectivity index is 1.57. The van der Waals surface area contributed by atoms with Crippen LogP contribution in [0.25, 0.3) is 11.8 Å². The van der Waals surface area contributed by atoms with Crippen molar-refractivity contribution in [2.45, 2.75) is 6.42 Å². The molecular formula is C20H16ClN3O2. The number of nitrogens with zero attached hydrogens (tertiary/aromatic N) is 2. The van der Waals surface area contributed by atoms with Crippen molar-refractivity contribution in [3.63, 3.8) is 0 Å². The Morgan fingerprint density at radius 1 is 1.23 bits per heavy atom. The Labute approximate surface area is 155 Å². The maximum atomic E-state index is 12.7. The van der Waals surface area contributed by atoms with Crippen molar-refractivity contribution in [1.29, 1.82) is 0 Å². The van der Waals surface area contributed by atoms with Gasteiger partial charge < -0.3 is 14.6 Å². The minimum atomic E-state index is -0.140. The predicted molar refractivity (Wildman–Crippen MR) is 102 cm³/mol. The number of amides is 1. The molecule has 0 atom stereocenters. The van der Waals surface area contributed by atoms with Crippen molar-refractivity contribution < 1.29 is 9.53 Å². The van der Waals surface area contributed by atoms with Gasteiger partial charge in [0.15, 0.2) is 0 Å². The molecule has 130 valence electrons. The Hall–Kier alpha value is -3.05. The Morgan fingerprint density at radius 2 is 2.15 bits per heavy atom. The maximum absolute atomic E-state index is 12.7. The highest BCUT2D eigenvalue weighted by Crippen LogP contribution is 2.29. The summed E-state index contributed by atoms with van der Waals surface area (Å²) >= 11 is 6.01. The lowest BCUT2D eigenvalue weighted by atomic mass is 10.1. The fraction of sp³-hybridized carbons (Fsp3) is 0.100. The van der Waals surface area contributed by atoms with E-state index in [9.17, 15) is 4.79 Å². The third-order valence-electron chi connectivity index (χ3n) is 4.13. The summed E-state index contributed by atoms with van der Waals surface area (Å²) in [4.78, 5) is 16.8. The number of aromatic nitrogens is 2. The van der Waals surface area contributed by atoms with Gasteiger partial charge >= 0.3 is 0 Å². The summed E-state index contributed by atoms with van der Waals surface area (Å²) in [5.74, 6) is 0.557. The first-order valence-electron chi connectivity index (χ1n) is 8.22. The first-order chi connectivity index (χ1) is 12.7. The molecule has 4 rings (SSSR count). The molecule has 1 aliphatic rings. The number of carbonyl (C=O) groups is 1. The largest absolute Gasteiger partial charge is 0.493 e. The molecular weight excluding hydrogens is 350 g/mol. The van der Waals surface area contributed by atoms with E-state index in [1.165, 1.54) is 0 Å². The molecule has 1 aliphatic heterocycles. The molecule has 3 aromatic rings. The first kappa shape index (κ1) is 16.4. The highest BCUT2D eigenvalue weighted by Gasteiger charge is 2.16. The van der Waals surface area contributed by atoms with Crippen LogP contribution < -0.4 is 10.1 Å². The second kappa shape index (κ2) is 7.06. The molecule has 0 aliphatic carbocycles. The Morgan fingerprint density at radius 3 is 3.00 bits per heavy atom. The van der Waals surface area contributed by atoms with Crippen molar-refractivity contribution in [2.24, 2.45) is 0 Å². The maximum Gasteiger partial charge on any atom is 0.251 e. The van der Waals surface area contributed by atoms with Crippen LogP contribution in [0.5, 0.6) is 5.75 Å². The van der Waals surface area contributed by atoms with E-state index in [0.29, 0.717) is 29.4 Å². The molecule has 0 spiro atoms. The molecule has 0 saturated carbocycles. The third-order valence-corrected chi connectivity index (χ3v) is 4.37. The second-order valence-electron chi connectivity index (χ2n) is 5.92. The number of hydrogen-bond donors (Lipinski definition) is 1. The lowest BCUT2D eigenvalue weighted by Gasteiger charge is -2.09. The van der Waals surface area contributed by atoms with Crippen LogP contribution in [0, 0.1) is 0 Å². The Bertz CT molecular complexity index is 980. The normalized spacial score (nSPS) is 13.2. The van der Waals surface area contributed by atoms with E-state index in [1.54, 1.807) is 24.7 Å². The average molecular weight is 366 g/mol. The smallest absolute Gasteiger partial charge is 0.251 e. The number of anilines is 1. The van der Waals surface area contributed by atoms with Crippen LogP contribution in [0.3, 0.4) is 0 Å². The van der Waals surface area contributed by atoms with Gasteiger partial charge in [0.2, 0.25) is 0 Å². The molecule has 6 heteroatoms. The zero-order valence-electron chi connectivity index (χ0n) is 13.9. The van der Waals surface area contributed by atoms with Crippen molar-refractivity contribution in [3.05, 3.63) is 77.3 Å². The molecule has 0 saturated heterocycles. The van der Waals surface area contributed by atoms with Crippen LogP contribution in [0.1, 0.15) is 12.0 Å². The van der Waals surface area contributed by atoms with Crippen LogP contribution in [0.15, 0.2) is 66.8 Å². The van der Waals surface area contributed by atoms with E-state index in [-0.39, 0.29) is 5.91 Å². The molecule has 0 fully saturated rings. The summed E-state index contributed by atoms with van der Waals surface area (Å²) in [7, 11) is 0. The summed E-state index contributed by atoms with van der Waals surface area (Å²) in [6.45, 7) is 0.432. The number of hydrogen-bond acceptors (Lipinski definition) is 3. The van der Waals surface area contributed by atoms with E-state index >= 15 is 0 Å². The number of rotatable bonds is 3.